The lowest BCUT2D eigenvalue weighted by Gasteiger charge is -2.22. The number of hydrogen-bond acceptors (Lipinski definition) is 4. The number of methoxy groups -OCH3 is 1. The quantitative estimate of drug-likeness (QED) is 0.684. The molecule has 21 heavy (non-hydrogen) atoms. The first-order valence-corrected chi connectivity index (χ1v) is 7.47. The molecular formula is C16H27N3O2. The molecule has 0 bridgehead atoms. The van der Waals surface area contributed by atoms with E-state index in [1.54, 1.807) is 7.11 Å². The van der Waals surface area contributed by atoms with Crippen LogP contribution in [0.25, 0.3) is 0 Å². The molecule has 0 saturated heterocycles. The first kappa shape index (κ1) is 17.3. The number of nitrogens with zero attached hydrogens (tertiary/aromatic N) is 1. The van der Waals surface area contributed by atoms with E-state index in [-0.39, 0.29) is 12.5 Å². The van der Waals surface area contributed by atoms with Gasteiger partial charge in [0.1, 0.15) is 0 Å². The highest BCUT2D eigenvalue weighted by atomic mass is 16.5. The lowest BCUT2D eigenvalue weighted by molar-refractivity contribution is -0.119. The number of hydrogen-bond donors (Lipinski definition) is 2. The Morgan fingerprint density at radius 1 is 1.29 bits per heavy atom. The Labute approximate surface area is 127 Å². The maximum Gasteiger partial charge on any atom is 0.239 e. The fraction of sp³-hybridized carbons (Fsp3) is 0.562. The van der Waals surface area contributed by atoms with Crippen molar-refractivity contribution in [1.82, 2.24) is 5.32 Å². The second-order valence-electron chi connectivity index (χ2n) is 4.87. The molecule has 1 aromatic rings. The van der Waals surface area contributed by atoms with Crippen molar-refractivity contribution in [1.29, 1.82) is 0 Å². The molecule has 2 N–H and O–H groups in total. The molecule has 5 heteroatoms. The van der Waals surface area contributed by atoms with Gasteiger partial charge < -0.3 is 20.3 Å². The molecule has 0 aliphatic carbocycles. The van der Waals surface area contributed by atoms with Crippen LogP contribution in [0.15, 0.2) is 18.2 Å². The van der Waals surface area contributed by atoms with Crippen molar-refractivity contribution in [3.63, 3.8) is 0 Å². The van der Waals surface area contributed by atoms with Gasteiger partial charge in [-0.05, 0) is 44.5 Å². The SMILES string of the molecule is CCN(CC)c1ccc(NCC(=O)NCCOC)c(C)c1. The van der Waals surface area contributed by atoms with Crippen LogP contribution in [-0.4, -0.2) is 45.8 Å². The monoisotopic (exact) mass is 293 g/mol. The molecule has 0 aromatic heterocycles. The zero-order chi connectivity index (χ0) is 15.7. The minimum Gasteiger partial charge on any atom is -0.383 e. The summed E-state index contributed by atoms with van der Waals surface area (Å²) in [5, 5.41) is 5.96. The Morgan fingerprint density at radius 2 is 2.00 bits per heavy atom. The second-order valence-corrected chi connectivity index (χ2v) is 4.87. The summed E-state index contributed by atoms with van der Waals surface area (Å²) in [7, 11) is 1.62. The highest BCUT2D eigenvalue weighted by Crippen LogP contribution is 2.22. The Hall–Kier alpha value is -1.75. The summed E-state index contributed by atoms with van der Waals surface area (Å²) in [5.41, 5.74) is 3.35. The molecule has 0 spiro atoms. The first-order valence-electron chi connectivity index (χ1n) is 7.47. The Bertz CT molecular complexity index is 445. The van der Waals surface area contributed by atoms with E-state index in [4.69, 9.17) is 4.74 Å². The van der Waals surface area contributed by atoms with Crippen LogP contribution in [0.5, 0.6) is 0 Å². The third-order valence-corrected chi connectivity index (χ3v) is 3.41. The molecule has 1 amide bonds. The van der Waals surface area contributed by atoms with E-state index >= 15 is 0 Å². The van der Waals surface area contributed by atoms with E-state index in [9.17, 15) is 4.79 Å². The zero-order valence-corrected chi connectivity index (χ0v) is 13.5. The number of aryl methyl sites for hydroxylation is 1. The number of benzene rings is 1. The van der Waals surface area contributed by atoms with Gasteiger partial charge in [0.05, 0.1) is 13.2 Å². The molecule has 118 valence electrons. The number of nitrogens with one attached hydrogen (secondary N) is 2. The summed E-state index contributed by atoms with van der Waals surface area (Å²) in [4.78, 5) is 13.9. The summed E-state index contributed by atoms with van der Waals surface area (Å²) >= 11 is 0. The molecule has 0 atom stereocenters. The first-order chi connectivity index (χ1) is 10.1. The molecule has 0 heterocycles. The summed E-state index contributed by atoms with van der Waals surface area (Å²) < 4.78 is 4.89. The predicted octanol–water partition coefficient (Wildman–Crippen LogP) is 2.02. The third kappa shape index (κ3) is 5.63. The van der Waals surface area contributed by atoms with Gasteiger partial charge in [0, 0.05) is 38.1 Å². The van der Waals surface area contributed by atoms with Crippen LogP contribution in [0.1, 0.15) is 19.4 Å². The fourth-order valence-electron chi connectivity index (χ4n) is 2.16. The van der Waals surface area contributed by atoms with Gasteiger partial charge >= 0.3 is 0 Å². The number of carbonyl (C=O) groups is 1. The van der Waals surface area contributed by atoms with Crippen molar-refractivity contribution in [3.05, 3.63) is 23.8 Å². The normalized spacial score (nSPS) is 10.3. The number of ether oxygens (including phenoxy) is 1. The van der Waals surface area contributed by atoms with E-state index in [1.807, 2.05) is 6.07 Å². The summed E-state index contributed by atoms with van der Waals surface area (Å²) in [5.74, 6) is -0.0285. The molecule has 0 aliphatic rings. The zero-order valence-electron chi connectivity index (χ0n) is 13.5. The van der Waals surface area contributed by atoms with Crippen LogP contribution in [0.4, 0.5) is 11.4 Å². The van der Waals surface area contributed by atoms with E-state index < -0.39 is 0 Å². The Balaban J connectivity index is 2.55. The summed E-state index contributed by atoms with van der Waals surface area (Å²) in [6.45, 7) is 9.67. The molecule has 0 aliphatic heterocycles. The summed E-state index contributed by atoms with van der Waals surface area (Å²) in [6.07, 6.45) is 0. The summed E-state index contributed by atoms with van der Waals surface area (Å²) in [6, 6.07) is 6.27. The highest BCUT2D eigenvalue weighted by Gasteiger charge is 2.06. The van der Waals surface area contributed by atoms with Crippen molar-refractivity contribution in [2.24, 2.45) is 0 Å². The smallest absolute Gasteiger partial charge is 0.239 e. The van der Waals surface area contributed by atoms with Gasteiger partial charge in [-0.1, -0.05) is 0 Å². The Morgan fingerprint density at radius 3 is 2.57 bits per heavy atom. The molecular weight excluding hydrogens is 266 g/mol. The number of rotatable bonds is 9. The topological polar surface area (TPSA) is 53.6 Å². The van der Waals surface area contributed by atoms with Crippen LogP contribution in [0.3, 0.4) is 0 Å². The van der Waals surface area contributed by atoms with E-state index in [0.29, 0.717) is 13.2 Å². The molecule has 1 aromatic carbocycles. The maximum absolute atomic E-state index is 11.6. The average molecular weight is 293 g/mol. The van der Waals surface area contributed by atoms with Gasteiger partial charge in [-0.3, -0.25) is 4.79 Å². The molecule has 0 fully saturated rings. The lowest BCUT2D eigenvalue weighted by atomic mass is 10.1. The molecule has 0 saturated carbocycles. The molecule has 0 radical (unpaired) electrons. The second kappa shape index (κ2) is 9.23. The van der Waals surface area contributed by atoms with Crippen molar-refractivity contribution in [2.75, 3.05) is 50.1 Å². The highest BCUT2D eigenvalue weighted by molar-refractivity contribution is 5.81. The van der Waals surface area contributed by atoms with Gasteiger partial charge in [-0.15, -0.1) is 0 Å². The maximum atomic E-state index is 11.6. The lowest BCUT2D eigenvalue weighted by Crippen LogP contribution is -2.32. The van der Waals surface area contributed by atoms with Gasteiger partial charge in [-0.2, -0.15) is 0 Å². The van der Waals surface area contributed by atoms with Crippen LogP contribution in [0.2, 0.25) is 0 Å². The predicted molar refractivity (Wildman–Crippen MR) is 88.1 cm³/mol. The van der Waals surface area contributed by atoms with Crippen molar-refractivity contribution >= 4 is 17.3 Å². The van der Waals surface area contributed by atoms with Crippen LogP contribution >= 0.6 is 0 Å². The third-order valence-electron chi connectivity index (χ3n) is 3.41. The van der Waals surface area contributed by atoms with Crippen LogP contribution in [-0.2, 0) is 9.53 Å². The molecule has 1 rings (SSSR count). The number of anilines is 2. The van der Waals surface area contributed by atoms with Gasteiger partial charge in [0.15, 0.2) is 0 Å². The minimum absolute atomic E-state index is 0.0285. The van der Waals surface area contributed by atoms with Gasteiger partial charge in [0.25, 0.3) is 0 Å². The number of amides is 1. The molecule has 0 unspecified atom stereocenters. The van der Waals surface area contributed by atoms with Gasteiger partial charge in [0.2, 0.25) is 5.91 Å². The largest absolute Gasteiger partial charge is 0.383 e. The van der Waals surface area contributed by atoms with E-state index in [2.05, 4.69) is 48.4 Å². The molecule has 5 nitrogen and oxygen atoms in total. The van der Waals surface area contributed by atoms with E-state index in [0.717, 1.165) is 24.3 Å². The van der Waals surface area contributed by atoms with Crippen molar-refractivity contribution in [3.8, 4) is 0 Å². The van der Waals surface area contributed by atoms with Crippen LogP contribution in [0, 0.1) is 6.92 Å². The standard InChI is InChI=1S/C16H27N3O2/c1-5-19(6-2)14-7-8-15(13(3)11-14)18-12-16(20)17-9-10-21-4/h7-8,11,18H,5-6,9-10,12H2,1-4H3,(H,17,20). The van der Waals surface area contributed by atoms with Gasteiger partial charge in [-0.25, -0.2) is 0 Å². The fourth-order valence-corrected chi connectivity index (χ4v) is 2.16. The van der Waals surface area contributed by atoms with E-state index in [1.165, 1.54) is 5.69 Å². The average Bonchev–Trinajstić information content (AvgIpc) is 2.48. The number of carbonyl (C=O) groups excluding carboxylic acids is 1. The van der Waals surface area contributed by atoms with Crippen molar-refractivity contribution in [2.45, 2.75) is 20.8 Å². The minimum atomic E-state index is -0.0285. The van der Waals surface area contributed by atoms with Crippen molar-refractivity contribution < 1.29 is 9.53 Å². The van der Waals surface area contributed by atoms with Crippen LogP contribution < -0.4 is 15.5 Å². The Kier molecular flexibility index (Phi) is 7.61.